The monoisotopic (exact) mass is 440 g/mol. The van der Waals surface area contributed by atoms with Crippen molar-refractivity contribution in [1.29, 1.82) is 0 Å². The minimum absolute atomic E-state index is 0.0111. The minimum atomic E-state index is -3.82. The first-order chi connectivity index (χ1) is 13.5. The summed E-state index contributed by atoms with van der Waals surface area (Å²) in [4.78, 5) is 11.0. The fourth-order valence-corrected chi connectivity index (χ4v) is 10.5. The molecule has 0 aliphatic carbocycles. The van der Waals surface area contributed by atoms with Crippen LogP contribution >= 0.6 is 0 Å². The highest BCUT2D eigenvalue weighted by atomic mass is 32.2. The summed E-state index contributed by atoms with van der Waals surface area (Å²) in [5, 5.41) is 0. The van der Waals surface area contributed by atoms with Crippen LogP contribution in [0.1, 0.15) is 53.5 Å². The van der Waals surface area contributed by atoms with Crippen molar-refractivity contribution in [2.24, 2.45) is 0 Å². The molecule has 164 valence electrons. The van der Waals surface area contributed by atoms with Gasteiger partial charge in [0.25, 0.3) is 10.1 Å². The van der Waals surface area contributed by atoms with Gasteiger partial charge >= 0.3 is 0 Å². The van der Waals surface area contributed by atoms with Crippen LogP contribution in [0.25, 0.3) is 0 Å². The van der Waals surface area contributed by atoms with Gasteiger partial charge < -0.3 is 4.43 Å². The van der Waals surface area contributed by atoms with E-state index in [4.69, 9.17) is 8.61 Å². The smallest absolute Gasteiger partial charge is 0.296 e. The molecule has 0 radical (unpaired) electrons. The zero-order chi connectivity index (χ0) is 22.2. The number of aryl methyl sites for hydroxylation is 1. The molecule has 0 aliphatic heterocycles. The highest BCUT2D eigenvalue weighted by Gasteiger charge is 2.46. The Morgan fingerprint density at radius 2 is 1.48 bits per heavy atom. The van der Waals surface area contributed by atoms with E-state index in [1.165, 1.54) is 6.08 Å². The van der Waals surface area contributed by atoms with E-state index in [1.54, 1.807) is 30.3 Å². The van der Waals surface area contributed by atoms with E-state index in [2.05, 4.69) is 41.5 Å². The lowest BCUT2D eigenvalue weighted by Crippen LogP contribution is -2.50. The predicted octanol–water partition coefficient (Wildman–Crippen LogP) is 5.41. The molecule has 0 saturated carbocycles. The van der Waals surface area contributed by atoms with E-state index in [-0.39, 0.29) is 17.6 Å². The fourth-order valence-electron chi connectivity index (χ4n) is 4.08. The zero-order valence-corrected chi connectivity index (χ0v) is 20.5. The van der Waals surface area contributed by atoms with E-state index in [0.717, 1.165) is 5.56 Å². The van der Waals surface area contributed by atoms with Crippen LogP contribution in [0.4, 0.5) is 0 Å². The molecule has 1 atom stereocenters. The maximum Gasteiger partial charge on any atom is 0.296 e. The van der Waals surface area contributed by atoms with Crippen molar-refractivity contribution in [2.45, 2.75) is 82.5 Å². The first kappa shape index (κ1) is 25.8. The van der Waals surface area contributed by atoms with Crippen LogP contribution in [-0.2, 0) is 23.5 Å². The van der Waals surface area contributed by atoms with Gasteiger partial charge in [0, 0.05) is 6.42 Å². The van der Waals surface area contributed by atoms with Crippen molar-refractivity contribution in [3.05, 3.63) is 42.0 Å². The highest BCUT2D eigenvalue weighted by Crippen LogP contribution is 2.43. The molecule has 0 heterocycles. The van der Waals surface area contributed by atoms with Gasteiger partial charge in [-0.3, -0.25) is 8.98 Å². The summed E-state index contributed by atoms with van der Waals surface area (Å²) in [6, 6.07) is 6.56. The van der Waals surface area contributed by atoms with Gasteiger partial charge in [0.05, 0.1) is 17.6 Å². The van der Waals surface area contributed by atoms with Crippen LogP contribution in [0.2, 0.25) is 16.6 Å². The lowest BCUT2D eigenvalue weighted by Gasteiger charge is -2.44. The average Bonchev–Trinajstić information content (AvgIpc) is 2.62. The van der Waals surface area contributed by atoms with Crippen molar-refractivity contribution in [3.63, 3.8) is 0 Å². The molecule has 5 nitrogen and oxygen atoms in total. The second kappa shape index (κ2) is 11.2. The summed E-state index contributed by atoms with van der Waals surface area (Å²) >= 11 is 0. The summed E-state index contributed by atoms with van der Waals surface area (Å²) in [6.45, 7) is 15.0. The number of aldehydes is 1. The summed E-state index contributed by atoms with van der Waals surface area (Å²) < 4.78 is 36.8. The molecule has 7 heteroatoms. The van der Waals surface area contributed by atoms with Crippen molar-refractivity contribution < 1.29 is 21.8 Å². The Balaban J connectivity index is 2.95. The number of hydrogen-bond acceptors (Lipinski definition) is 5. The maximum absolute atomic E-state index is 12.4. The summed E-state index contributed by atoms with van der Waals surface area (Å²) in [5.74, 6) is 0. The van der Waals surface area contributed by atoms with Crippen LogP contribution in [-0.4, -0.2) is 35.7 Å². The molecule has 1 aromatic carbocycles. The Labute approximate surface area is 177 Å². The molecule has 1 aromatic rings. The largest absolute Gasteiger partial charge is 0.410 e. The van der Waals surface area contributed by atoms with Gasteiger partial charge in [0.1, 0.15) is 6.29 Å². The third-order valence-corrected chi connectivity index (χ3v) is 12.9. The van der Waals surface area contributed by atoms with Crippen LogP contribution in [0.5, 0.6) is 0 Å². The van der Waals surface area contributed by atoms with Crippen LogP contribution in [0.3, 0.4) is 0 Å². The van der Waals surface area contributed by atoms with E-state index in [1.807, 2.05) is 6.92 Å². The standard InChI is InChI=1S/C22H36O5SSi/c1-17(2)29(18(3)4,19(5)6)27-21(9-8-15-23)14-16-26-28(24,25)22-12-10-20(7)11-13-22/h8-13,15,17-19,21H,14,16H2,1-7H3/b9-8+/t21-/m1/s1. The molecule has 0 aliphatic rings. The molecule has 0 fully saturated rings. The number of benzene rings is 1. The Morgan fingerprint density at radius 3 is 1.93 bits per heavy atom. The Hall–Kier alpha value is -1.28. The van der Waals surface area contributed by atoms with Gasteiger partial charge in [0.15, 0.2) is 0 Å². The fraction of sp³-hybridized carbons (Fsp3) is 0.591. The third kappa shape index (κ3) is 6.88. The Kier molecular flexibility index (Phi) is 9.95. The first-order valence-electron chi connectivity index (χ1n) is 10.2. The molecular formula is C22H36O5SSi. The summed E-state index contributed by atoms with van der Waals surface area (Å²) in [6.07, 6.45) is 3.83. The zero-order valence-electron chi connectivity index (χ0n) is 18.7. The van der Waals surface area contributed by atoms with Crippen LogP contribution in [0.15, 0.2) is 41.3 Å². The van der Waals surface area contributed by atoms with Crippen molar-refractivity contribution >= 4 is 24.7 Å². The van der Waals surface area contributed by atoms with E-state index in [0.29, 0.717) is 29.3 Å². The third-order valence-electron chi connectivity index (χ3n) is 5.42. The average molecular weight is 441 g/mol. The lowest BCUT2D eigenvalue weighted by molar-refractivity contribution is -0.104. The number of carbonyl (C=O) groups excluding carboxylic acids is 1. The topological polar surface area (TPSA) is 69.7 Å². The molecule has 0 aromatic heterocycles. The molecular weight excluding hydrogens is 404 g/mol. The predicted molar refractivity (Wildman–Crippen MR) is 120 cm³/mol. The van der Waals surface area contributed by atoms with Crippen LogP contribution < -0.4 is 0 Å². The van der Waals surface area contributed by atoms with E-state index in [9.17, 15) is 13.2 Å². The van der Waals surface area contributed by atoms with Crippen molar-refractivity contribution in [3.8, 4) is 0 Å². The number of hydrogen-bond donors (Lipinski definition) is 0. The van der Waals surface area contributed by atoms with E-state index < -0.39 is 18.4 Å². The minimum Gasteiger partial charge on any atom is -0.410 e. The van der Waals surface area contributed by atoms with Gasteiger partial charge in [-0.2, -0.15) is 8.42 Å². The first-order valence-corrected chi connectivity index (χ1v) is 13.8. The highest BCUT2D eigenvalue weighted by molar-refractivity contribution is 7.86. The van der Waals surface area contributed by atoms with Crippen molar-refractivity contribution in [1.82, 2.24) is 0 Å². The second-order valence-electron chi connectivity index (χ2n) is 8.37. The summed E-state index contributed by atoms with van der Waals surface area (Å²) in [7, 11) is -6.00. The van der Waals surface area contributed by atoms with Gasteiger partial charge in [-0.1, -0.05) is 65.3 Å². The van der Waals surface area contributed by atoms with E-state index >= 15 is 0 Å². The maximum atomic E-state index is 12.4. The molecule has 0 saturated heterocycles. The number of allylic oxidation sites excluding steroid dienone is 1. The van der Waals surface area contributed by atoms with Crippen LogP contribution in [0, 0.1) is 6.92 Å². The second-order valence-corrected chi connectivity index (χ2v) is 15.4. The Bertz CT molecular complexity index is 745. The van der Waals surface area contributed by atoms with Gasteiger partial charge in [0.2, 0.25) is 8.32 Å². The van der Waals surface area contributed by atoms with Crippen molar-refractivity contribution in [2.75, 3.05) is 6.61 Å². The SMILES string of the molecule is Cc1ccc(S(=O)(=O)OCC[C@@H](/C=C/C=O)O[Si](C(C)C)(C(C)C)C(C)C)cc1. The quantitative estimate of drug-likeness (QED) is 0.188. The molecule has 0 amide bonds. The lowest BCUT2D eigenvalue weighted by atomic mass is 10.2. The normalized spacial score (nSPS) is 14.3. The van der Waals surface area contributed by atoms with Gasteiger partial charge in [-0.05, 0) is 41.8 Å². The Morgan fingerprint density at radius 1 is 0.966 bits per heavy atom. The van der Waals surface area contributed by atoms with Gasteiger partial charge in [-0.25, -0.2) is 0 Å². The molecule has 0 spiro atoms. The molecule has 0 unspecified atom stereocenters. The van der Waals surface area contributed by atoms with Gasteiger partial charge in [-0.15, -0.1) is 0 Å². The summed E-state index contributed by atoms with van der Waals surface area (Å²) in [5.41, 5.74) is 2.12. The molecule has 1 rings (SSSR count). The number of carbonyl (C=O) groups is 1. The molecule has 0 N–H and O–H groups in total. The molecule has 0 bridgehead atoms. The number of rotatable bonds is 12. The molecule has 29 heavy (non-hydrogen) atoms.